The molecule has 0 unspecified atom stereocenters. The first-order valence-electron chi connectivity index (χ1n) is 8.25. The first-order valence-corrected chi connectivity index (χ1v) is 10.0. The van der Waals surface area contributed by atoms with Crippen molar-refractivity contribution in [3.63, 3.8) is 0 Å². The topological polar surface area (TPSA) is 99.9 Å². The van der Waals surface area contributed by atoms with Crippen LogP contribution in [0.4, 0.5) is 11.6 Å². The van der Waals surface area contributed by atoms with Crippen LogP contribution in [0.3, 0.4) is 0 Å². The molecule has 3 aromatic rings. The number of aromatic nitrogens is 3. The molecule has 0 atom stereocenters. The number of aryl methyl sites for hydroxylation is 1. The molecular weight excluding hydrogens is 366 g/mol. The summed E-state index contributed by atoms with van der Waals surface area (Å²) < 4.78 is 5.22. The number of rotatable bonds is 7. The summed E-state index contributed by atoms with van der Waals surface area (Å²) in [6, 6.07) is 9.53. The number of anilines is 2. The van der Waals surface area contributed by atoms with Crippen molar-refractivity contribution in [2.75, 3.05) is 18.6 Å². The maximum Gasteiger partial charge on any atom is 0.191 e. The van der Waals surface area contributed by atoms with Gasteiger partial charge < -0.3 is 16.2 Å². The molecule has 0 spiro atoms. The number of nitrogen functional groups attached to an aromatic ring is 2. The van der Waals surface area contributed by atoms with E-state index in [1.54, 1.807) is 24.5 Å². The van der Waals surface area contributed by atoms with Gasteiger partial charge in [-0.2, -0.15) is 0 Å². The second kappa shape index (κ2) is 8.37. The summed E-state index contributed by atoms with van der Waals surface area (Å²) in [5.41, 5.74) is 13.6. The zero-order chi connectivity index (χ0) is 18.5. The van der Waals surface area contributed by atoms with Crippen LogP contribution in [0.1, 0.15) is 23.9 Å². The number of nitrogens with zero attached hydrogens (tertiary/aromatic N) is 3. The number of thiazole rings is 1. The lowest BCUT2D eigenvalue weighted by Gasteiger charge is -2.03. The van der Waals surface area contributed by atoms with Crippen molar-refractivity contribution in [2.45, 2.75) is 30.7 Å². The Labute approximate surface area is 161 Å². The van der Waals surface area contributed by atoms with Crippen LogP contribution in [0.2, 0.25) is 0 Å². The van der Waals surface area contributed by atoms with Gasteiger partial charge in [0.15, 0.2) is 5.16 Å². The molecule has 2 heterocycles. The fraction of sp³-hybridized carbons (Fsp3) is 0.278. The van der Waals surface area contributed by atoms with Gasteiger partial charge in [0.2, 0.25) is 0 Å². The van der Waals surface area contributed by atoms with E-state index in [1.165, 1.54) is 16.6 Å². The van der Waals surface area contributed by atoms with E-state index in [9.17, 15) is 0 Å². The quantitative estimate of drug-likeness (QED) is 0.466. The highest BCUT2D eigenvalue weighted by molar-refractivity contribution is 7.98. The molecule has 8 heteroatoms. The third-order valence-corrected chi connectivity index (χ3v) is 5.74. The van der Waals surface area contributed by atoms with Crippen LogP contribution in [0.25, 0.3) is 10.6 Å². The molecule has 1 aromatic carbocycles. The van der Waals surface area contributed by atoms with E-state index < -0.39 is 0 Å². The zero-order valence-electron chi connectivity index (χ0n) is 14.7. The van der Waals surface area contributed by atoms with E-state index in [0.29, 0.717) is 22.5 Å². The van der Waals surface area contributed by atoms with Gasteiger partial charge in [-0.1, -0.05) is 25.1 Å². The molecule has 4 N–H and O–H groups in total. The van der Waals surface area contributed by atoms with E-state index in [4.69, 9.17) is 21.2 Å². The van der Waals surface area contributed by atoms with Gasteiger partial charge in [0.1, 0.15) is 22.4 Å². The molecule has 26 heavy (non-hydrogen) atoms. The first-order chi connectivity index (χ1) is 12.6. The molecule has 0 saturated heterocycles. The van der Waals surface area contributed by atoms with E-state index in [2.05, 4.69) is 16.9 Å². The Morgan fingerprint density at radius 1 is 1.08 bits per heavy atom. The van der Waals surface area contributed by atoms with E-state index in [0.717, 1.165) is 34.9 Å². The van der Waals surface area contributed by atoms with Gasteiger partial charge in [-0.3, -0.25) is 0 Å². The minimum absolute atomic E-state index is 0.381. The highest BCUT2D eigenvalue weighted by Crippen LogP contribution is 2.33. The molecule has 6 nitrogen and oxygen atoms in total. The molecule has 0 fully saturated rings. The minimum Gasteiger partial charge on any atom is -0.497 e. The standard InChI is InChI=1S/C18H21N5OS2/c1-3-4-14-13(10-25-18-22-15(19)9-16(20)23-18)21-17(26-14)11-5-7-12(24-2)8-6-11/h5-9H,3-4,10H2,1-2H3,(H4,19,20,22,23). The van der Waals surface area contributed by atoms with E-state index >= 15 is 0 Å². The second-order valence-corrected chi connectivity index (χ2v) is 7.68. The summed E-state index contributed by atoms with van der Waals surface area (Å²) in [4.78, 5) is 14.6. The normalized spacial score (nSPS) is 10.8. The van der Waals surface area contributed by atoms with Gasteiger partial charge in [0.25, 0.3) is 0 Å². The summed E-state index contributed by atoms with van der Waals surface area (Å²) in [5.74, 6) is 2.29. The van der Waals surface area contributed by atoms with Crippen molar-refractivity contribution in [1.29, 1.82) is 0 Å². The summed E-state index contributed by atoms with van der Waals surface area (Å²) in [6.45, 7) is 2.17. The third kappa shape index (κ3) is 4.44. The maximum absolute atomic E-state index is 5.74. The number of ether oxygens (including phenoxy) is 1. The van der Waals surface area contributed by atoms with Crippen molar-refractivity contribution >= 4 is 34.7 Å². The highest BCUT2D eigenvalue weighted by Gasteiger charge is 2.14. The molecule has 2 aromatic heterocycles. The van der Waals surface area contributed by atoms with E-state index in [1.807, 2.05) is 24.3 Å². The van der Waals surface area contributed by atoms with Gasteiger partial charge >= 0.3 is 0 Å². The molecule has 0 aliphatic carbocycles. The summed E-state index contributed by atoms with van der Waals surface area (Å²) in [6.07, 6.45) is 2.08. The van der Waals surface area contributed by atoms with Crippen LogP contribution in [0.5, 0.6) is 5.75 Å². The van der Waals surface area contributed by atoms with Crippen LogP contribution in [-0.2, 0) is 12.2 Å². The van der Waals surface area contributed by atoms with Crippen LogP contribution >= 0.6 is 23.1 Å². The lowest BCUT2D eigenvalue weighted by molar-refractivity contribution is 0.415. The van der Waals surface area contributed by atoms with Gasteiger partial charge in [-0.25, -0.2) is 15.0 Å². The Balaban J connectivity index is 1.82. The van der Waals surface area contributed by atoms with Crippen LogP contribution < -0.4 is 16.2 Å². The average Bonchev–Trinajstić information content (AvgIpc) is 3.02. The van der Waals surface area contributed by atoms with Gasteiger partial charge in [-0.05, 0) is 30.7 Å². The highest BCUT2D eigenvalue weighted by atomic mass is 32.2. The molecule has 0 saturated carbocycles. The Hall–Kier alpha value is -2.32. The van der Waals surface area contributed by atoms with Gasteiger partial charge in [0, 0.05) is 22.3 Å². The molecule has 0 radical (unpaired) electrons. The smallest absolute Gasteiger partial charge is 0.191 e. The second-order valence-electron chi connectivity index (χ2n) is 5.66. The van der Waals surface area contributed by atoms with Crippen molar-refractivity contribution < 1.29 is 4.74 Å². The number of hydrogen-bond acceptors (Lipinski definition) is 8. The lowest BCUT2D eigenvalue weighted by Crippen LogP contribution is -1.99. The number of benzene rings is 1. The molecular formula is C18H21N5OS2. The summed E-state index contributed by atoms with van der Waals surface area (Å²) in [5, 5.41) is 1.59. The SMILES string of the molecule is CCCc1sc(-c2ccc(OC)cc2)nc1CSc1nc(N)cc(N)n1. The molecule has 0 bridgehead atoms. The van der Waals surface area contributed by atoms with Crippen molar-refractivity contribution in [2.24, 2.45) is 0 Å². The maximum atomic E-state index is 5.74. The predicted octanol–water partition coefficient (Wildman–Crippen LogP) is 4.02. The molecule has 136 valence electrons. The largest absolute Gasteiger partial charge is 0.497 e. The average molecular weight is 388 g/mol. The van der Waals surface area contributed by atoms with E-state index in [-0.39, 0.29) is 0 Å². The zero-order valence-corrected chi connectivity index (χ0v) is 16.4. The van der Waals surface area contributed by atoms with Crippen LogP contribution in [0, 0.1) is 0 Å². The van der Waals surface area contributed by atoms with Crippen molar-refractivity contribution in [1.82, 2.24) is 15.0 Å². The molecule has 0 amide bonds. The monoisotopic (exact) mass is 387 g/mol. The van der Waals surface area contributed by atoms with Crippen molar-refractivity contribution in [3.8, 4) is 16.3 Å². The molecule has 0 aliphatic rings. The fourth-order valence-electron chi connectivity index (χ4n) is 2.43. The number of nitrogens with two attached hydrogens (primary N) is 2. The van der Waals surface area contributed by atoms with Crippen LogP contribution in [0.15, 0.2) is 35.5 Å². The summed E-state index contributed by atoms with van der Waals surface area (Å²) in [7, 11) is 1.66. The fourth-order valence-corrected chi connectivity index (χ4v) is 4.56. The number of thioether (sulfide) groups is 1. The Morgan fingerprint density at radius 3 is 2.38 bits per heavy atom. The third-order valence-electron chi connectivity index (χ3n) is 3.68. The predicted molar refractivity (Wildman–Crippen MR) is 109 cm³/mol. The lowest BCUT2D eigenvalue weighted by atomic mass is 10.2. The minimum atomic E-state index is 0.381. The van der Waals surface area contributed by atoms with Crippen LogP contribution in [-0.4, -0.2) is 22.1 Å². The Kier molecular flexibility index (Phi) is 5.95. The number of hydrogen-bond donors (Lipinski definition) is 2. The summed E-state index contributed by atoms with van der Waals surface area (Å²) >= 11 is 3.24. The number of methoxy groups -OCH3 is 1. The van der Waals surface area contributed by atoms with Gasteiger partial charge in [-0.15, -0.1) is 11.3 Å². The molecule has 0 aliphatic heterocycles. The van der Waals surface area contributed by atoms with Gasteiger partial charge in [0.05, 0.1) is 12.8 Å². The first kappa shape index (κ1) is 18.5. The van der Waals surface area contributed by atoms with Crippen molar-refractivity contribution in [3.05, 3.63) is 40.9 Å². The Bertz CT molecular complexity index is 860. The molecule has 3 rings (SSSR count). The Morgan fingerprint density at radius 2 is 1.77 bits per heavy atom.